The van der Waals surface area contributed by atoms with Gasteiger partial charge in [-0.05, 0) is 43.7 Å². The van der Waals surface area contributed by atoms with Gasteiger partial charge in [-0.2, -0.15) is 0 Å². The van der Waals surface area contributed by atoms with Crippen molar-refractivity contribution in [2.24, 2.45) is 23.5 Å². The molecule has 2 N–H and O–H groups in total. The van der Waals surface area contributed by atoms with Crippen molar-refractivity contribution >= 4 is 0 Å². The molecule has 0 aliphatic carbocycles. The Hall–Kier alpha value is -0.120. The molecule has 15 heavy (non-hydrogen) atoms. The van der Waals surface area contributed by atoms with Gasteiger partial charge >= 0.3 is 0 Å². The summed E-state index contributed by atoms with van der Waals surface area (Å²) in [5, 5.41) is 0. The molecule has 0 amide bonds. The summed E-state index contributed by atoms with van der Waals surface area (Å²) >= 11 is 0. The third kappa shape index (κ3) is 2.92. The molecule has 0 aromatic carbocycles. The van der Waals surface area contributed by atoms with Gasteiger partial charge in [0.05, 0.1) is 6.61 Å². The van der Waals surface area contributed by atoms with Crippen molar-refractivity contribution < 1.29 is 4.74 Å². The van der Waals surface area contributed by atoms with E-state index < -0.39 is 0 Å². The van der Waals surface area contributed by atoms with Gasteiger partial charge in [0.2, 0.25) is 0 Å². The van der Waals surface area contributed by atoms with Crippen molar-refractivity contribution in [1.29, 1.82) is 0 Å². The fraction of sp³-hybridized carbons (Fsp3) is 1.00. The summed E-state index contributed by atoms with van der Waals surface area (Å²) in [5.74, 6) is 2.30. The highest BCUT2D eigenvalue weighted by Crippen LogP contribution is 2.24. The average molecular weight is 212 g/mol. The van der Waals surface area contributed by atoms with Gasteiger partial charge < -0.3 is 15.4 Å². The number of piperidine rings is 1. The van der Waals surface area contributed by atoms with Crippen LogP contribution >= 0.6 is 0 Å². The maximum Gasteiger partial charge on any atom is 0.0507 e. The van der Waals surface area contributed by atoms with E-state index in [1.807, 2.05) is 0 Å². The second-order valence-corrected chi connectivity index (χ2v) is 5.25. The van der Waals surface area contributed by atoms with E-state index in [2.05, 4.69) is 11.8 Å². The largest absolute Gasteiger partial charge is 0.381 e. The summed E-state index contributed by atoms with van der Waals surface area (Å²) in [6.07, 6.45) is 2.56. The van der Waals surface area contributed by atoms with Gasteiger partial charge in [-0.3, -0.25) is 0 Å². The summed E-state index contributed by atoms with van der Waals surface area (Å²) in [6, 6.07) is 0. The molecule has 0 radical (unpaired) electrons. The first kappa shape index (κ1) is 11.4. The molecule has 2 rings (SSSR count). The first-order chi connectivity index (χ1) is 7.29. The fourth-order valence-corrected chi connectivity index (χ4v) is 2.79. The Bertz CT molecular complexity index is 190. The zero-order valence-corrected chi connectivity index (χ0v) is 9.82. The van der Waals surface area contributed by atoms with Crippen LogP contribution in [0.5, 0.6) is 0 Å². The van der Waals surface area contributed by atoms with Gasteiger partial charge in [0.1, 0.15) is 0 Å². The normalized spacial score (nSPS) is 38.4. The van der Waals surface area contributed by atoms with Crippen molar-refractivity contribution in [2.75, 3.05) is 39.4 Å². The average Bonchev–Trinajstić information content (AvgIpc) is 2.73. The van der Waals surface area contributed by atoms with E-state index in [4.69, 9.17) is 10.5 Å². The Morgan fingerprint density at radius 2 is 2.27 bits per heavy atom. The van der Waals surface area contributed by atoms with Gasteiger partial charge in [0, 0.05) is 19.7 Å². The molecule has 0 spiro atoms. The smallest absolute Gasteiger partial charge is 0.0507 e. The SMILES string of the molecule is CC1CCN(CC2CCOC2)CC1CN. The Balaban J connectivity index is 1.78. The summed E-state index contributed by atoms with van der Waals surface area (Å²) in [7, 11) is 0. The van der Waals surface area contributed by atoms with E-state index in [0.29, 0.717) is 5.92 Å². The van der Waals surface area contributed by atoms with E-state index >= 15 is 0 Å². The van der Waals surface area contributed by atoms with Crippen molar-refractivity contribution in [3.8, 4) is 0 Å². The molecule has 2 aliphatic rings. The molecule has 0 bridgehead atoms. The third-order valence-corrected chi connectivity index (χ3v) is 4.04. The molecule has 3 heteroatoms. The molecule has 2 saturated heterocycles. The zero-order chi connectivity index (χ0) is 10.7. The number of ether oxygens (including phenoxy) is 1. The second-order valence-electron chi connectivity index (χ2n) is 5.25. The summed E-state index contributed by atoms with van der Waals surface area (Å²) in [5.41, 5.74) is 5.81. The lowest BCUT2D eigenvalue weighted by Gasteiger charge is -2.37. The molecule has 3 nitrogen and oxygen atoms in total. The molecule has 88 valence electrons. The minimum Gasteiger partial charge on any atom is -0.381 e. The molecule has 0 aromatic rings. The predicted molar refractivity (Wildman–Crippen MR) is 61.7 cm³/mol. The monoisotopic (exact) mass is 212 g/mol. The number of nitrogens with two attached hydrogens (primary N) is 1. The van der Waals surface area contributed by atoms with E-state index in [1.165, 1.54) is 32.5 Å². The minimum absolute atomic E-state index is 0.709. The standard InChI is InChI=1S/C12H24N2O/c1-10-2-4-14(8-12(10)6-13)7-11-3-5-15-9-11/h10-12H,2-9,13H2,1H3. The molecule has 3 unspecified atom stereocenters. The lowest BCUT2D eigenvalue weighted by atomic mass is 9.86. The molecular weight excluding hydrogens is 188 g/mol. The Labute approximate surface area is 93.0 Å². The van der Waals surface area contributed by atoms with Crippen LogP contribution in [0.1, 0.15) is 19.8 Å². The van der Waals surface area contributed by atoms with Gasteiger partial charge in [-0.15, -0.1) is 0 Å². The van der Waals surface area contributed by atoms with Gasteiger partial charge in [0.15, 0.2) is 0 Å². The van der Waals surface area contributed by atoms with Gasteiger partial charge in [-0.25, -0.2) is 0 Å². The topological polar surface area (TPSA) is 38.5 Å². The maximum absolute atomic E-state index is 5.81. The van der Waals surface area contributed by atoms with E-state index in [0.717, 1.165) is 31.6 Å². The van der Waals surface area contributed by atoms with Crippen LogP contribution in [0.2, 0.25) is 0 Å². The summed E-state index contributed by atoms with van der Waals surface area (Å²) < 4.78 is 5.42. The number of hydrogen-bond acceptors (Lipinski definition) is 3. The van der Waals surface area contributed by atoms with Crippen LogP contribution in [-0.4, -0.2) is 44.3 Å². The van der Waals surface area contributed by atoms with Crippen molar-refractivity contribution in [2.45, 2.75) is 19.8 Å². The lowest BCUT2D eigenvalue weighted by Crippen LogP contribution is -2.44. The number of nitrogens with zero attached hydrogens (tertiary/aromatic N) is 1. The highest BCUT2D eigenvalue weighted by molar-refractivity contribution is 4.80. The summed E-state index contributed by atoms with van der Waals surface area (Å²) in [6.45, 7) is 8.81. The van der Waals surface area contributed by atoms with Crippen LogP contribution in [0.4, 0.5) is 0 Å². The maximum atomic E-state index is 5.81. The van der Waals surface area contributed by atoms with Crippen molar-refractivity contribution in [3.05, 3.63) is 0 Å². The number of hydrogen-bond donors (Lipinski definition) is 1. The Morgan fingerprint density at radius 3 is 2.93 bits per heavy atom. The molecule has 0 saturated carbocycles. The highest BCUT2D eigenvalue weighted by atomic mass is 16.5. The van der Waals surface area contributed by atoms with Crippen LogP contribution in [0.25, 0.3) is 0 Å². The lowest BCUT2D eigenvalue weighted by molar-refractivity contribution is 0.108. The fourth-order valence-electron chi connectivity index (χ4n) is 2.79. The second kappa shape index (κ2) is 5.28. The summed E-state index contributed by atoms with van der Waals surface area (Å²) in [4.78, 5) is 2.59. The van der Waals surface area contributed by atoms with Crippen molar-refractivity contribution in [3.63, 3.8) is 0 Å². The number of rotatable bonds is 3. The van der Waals surface area contributed by atoms with Gasteiger partial charge in [0.25, 0.3) is 0 Å². The molecule has 2 heterocycles. The Kier molecular flexibility index (Phi) is 4.00. The molecule has 3 atom stereocenters. The van der Waals surface area contributed by atoms with Crippen molar-refractivity contribution in [1.82, 2.24) is 4.90 Å². The Morgan fingerprint density at radius 1 is 1.40 bits per heavy atom. The minimum atomic E-state index is 0.709. The number of likely N-dealkylation sites (tertiary alicyclic amines) is 1. The van der Waals surface area contributed by atoms with Gasteiger partial charge in [-0.1, -0.05) is 6.92 Å². The molecule has 2 aliphatic heterocycles. The molecule has 2 fully saturated rings. The first-order valence-electron chi connectivity index (χ1n) is 6.29. The van der Waals surface area contributed by atoms with Crippen LogP contribution in [0, 0.1) is 17.8 Å². The molecular formula is C12H24N2O. The van der Waals surface area contributed by atoms with Crippen LogP contribution in [-0.2, 0) is 4.74 Å². The quantitative estimate of drug-likeness (QED) is 0.756. The van der Waals surface area contributed by atoms with E-state index in [1.54, 1.807) is 0 Å². The van der Waals surface area contributed by atoms with Crippen LogP contribution in [0.15, 0.2) is 0 Å². The third-order valence-electron chi connectivity index (χ3n) is 4.04. The first-order valence-corrected chi connectivity index (χ1v) is 6.29. The van der Waals surface area contributed by atoms with Crippen LogP contribution < -0.4 is 5.73 Å². The molecule has 0 aromatic heterocycles. The van der Waals surface area contributed by atoms with E-state index in [9.17, 15) is 0 Å². The zero-order valence-electron chi connectivity index (χ0n) is 9.82. The predicted octanol–water partition coefficient (Wildman–Crippen LogP) is 0.940. The van der Waals surface area contributed by atoms with Crippen LogP contribution in [0.3, 0.4) is 0 Å². The van der Waals surface area contributed by atoms with E-state index in [-0.39, 0.29) is 0 Å². The highest BCUT2D eigenvalue weighted by Gasteiger charge is 2.27.